The van der Waals surface area contributed by atoms with Crippen LogP contribution in [0.15, 0.2) is 54.3 Å². The number of carbonyl (C=O) groups excluding carboxylic acids is 1. The number of hydrogen-bond acceptors (Lipinski definition) is 4. The van der Waals surface area contributed by atoms with Gasteiger partial charge >= 0.3 is 0 Å². The van der Waals surface area contributed by atoms with Gasteiger partial charge in [0.15, 0.2) is 6.29 Å². The molecular formula is C19H22N2OS2. The predicted molar refractivity (Wildman–Crippen MR) is 106 cm³/mol. The Bertz CT molecular complexity index is 818. The van der Waals surface area contributed by atoms with Crippen LogP contribution >= 0.6 is 23.5 Å². The Morgan fingerprint density at radius 1 is 1.17 bits per heavy atom. The van der Waals surface area contributed by atoms with Gasteiger partial charge in [0.1, 0.15) is 4.08 Å². The number of hydrogen-bond donors (Lipinski definition) is 0. The van der Waals surface area contributed by atoms with Crippen LogP contribution in [-0.2, 0) is 15.9 Å². The highest BCUT2D eigenvalue weighted by Gasteiger charge is 2.43. The number of aromatic nitrogens is 1. The lowest BCUT2D eigenvalue weighted by Gasteiger charge is -2.42. The lowest BCUT2D eigenvalue weighted by atomic mass is 10.0. The number of aryl methyl sites for hydroxylation is 1. The third kappa shape index (κ3) is 2.60. The van der Waals surface area contributed by atoms with E-state index in [9.17, 15) is 4.79 Å². The largest absolute Gasteiger partial charge is 0.371 e. The van der Waals surface area contributed by atoms with Crippen LogP contribution in [0.3, 0.4) is 0 Å². The van der Waals surface area contributed by atoms with Crippen LogP contribution in [-0.4, -0.2) is 41.4 Å². The third-order valence-electron chi connectivity index (χ3n) is 4.70. The summed E-state index contributed by atoms with van der Waals surface area (Å²) in [5.74, 6) is 0. The molecule has 0 fully saturated rings. The SMILES string of the molecule is CSC(SC)(c1cc2ccccc2n1C)C1C=CC(C=O)=CN1C. The highest BCUT2D eigenvalue weighted by molar-refractivity contribution is 8.17. The van der Waals surface area contributed by atoms with Gasteiger partial charge in [0.05, 0.1) is 6.04 Å². The average Bonchev–Trinajstić information content (AvgIpc) is 2.95. The first-order valence-electron chi connectivity index (χ1n) is 7.79. The molecule has 0 spiro atoms. The van der Waals surface area contributed by atoms with E-state index in [1.807, 2.05) is 42.8 Å². The summed E-state index contributed by atoms with van der Waals surface area (Å²) in [7, 11) is 4.18. The van der Waals surface area contributed by atoms with Crippen molar-refractivity contribution in [2.75, 3.05) is 19.6 Å². The topological polar surface area (TPSA) is 25.2 Å². The Balaban J connectivity index is 2.15. The van der Waals surface area contributed by atoms with Gasteiger partial charge in [-0.25, -0.2) is 0 Å². The molecule has 126 valence electrons. The van der Waals surface area contributed by atoms with E-state index in [-0.39, 0.29) is 10.1 Å². The molecule has 0 saturated carbocycles. The normalized spacial score (nSPS) is 18.1. The van der Waals surface area contributed by atoms with Crippen LogP contribution in [0, 0.1) is 0 Å². The van der Waals surface area contributed by atoms with E-state index in [0.717, 1.165) is 6.29 Å². The average molecular weight is 359 g/mol. The Hall–Kier alpha value is -1.59. The molecule has 2 heterocycles. The molecule has 24 heavy (non-hydrogen) atoms. The smallest absolute Gasteiger partial charge is 0.151 e. The molecule has 1 aromatic heterocycles. The minimum atomic E-state index is -0.163. The number of thioether (sulfide) groups is 2. The van der Waals surface area contributed by atoms with Crippen LogP contribution in [0.1, 0.15) is 5.69 Å². The molecule has 5 heteroatoms. The van der Waals surface area contributed by atoms with Crippen LogP contribution < -0.4 is 0 Å². The quantitative estimate of drug-likeness (QED) is 0.596. The van der Waals surface area contributed by atoms with Gasteiger partial charge in [0.2, 0.25) is 0 Å². The second-order valence-corrected chi connectivity index (χ2v) is 8.30. The lowest BCUT2D eigenvalue weighted by molar-refractivity contribution is -0.104. The molecule has 1 aliphatic heterocycles. The second kappa shape index (κ2) is 6.73. The number of aldehydes is 1. The first-order chi connectivity index (χ1) is 11.6. The van der Waals surface area contributed by atoms with E-state index in [1.54, 1.807) is 0 Å². The van der Waals surface area contributed by atoms with Gasteiger partial charge < -0.3 is 9.47 Å². The molecule has 3 nitrogen and oxygen atoms in total. The van der Waals surface area contributed by atoms with Crippen molar-refractivity contribution in [1.82, 2.24) is 9.47 Å². The minimum absolute atomic E-state index is 0.161. The molecule has 1 unspecified atom stereocenters. The molecule has 0 saturated heterocycles. The molecule has 1 aromatic carbocycles. The Morgan fingerprint density at radius 2 is 1.88 bits per heavy atom. The molecule has 2 aromatic rings. The summed E-state index contributed by atoms with van der Waals surface area (Å²) >= 11 is 3.70. The standard InChI is InChI=1S/C19H22N2OS2/c1-20-12-14(13-22)9-10-17(20)19(23-3,24-4)18-11-15-7-5-6-8-16(15)21(18)2/h5-13,17H,1-4H3. The van der Waals surface area contributed by atoms with Crippen molar-refractivity contribution < 1.29 is 4.79 Å². The number of allylic oxidation sites excluding steroid dienone is 2. The number of fused-ring (bicyclic) bond motifs is 1. The number of likely N-dealkylation sites (N-methyl/N-ethyl adjacent to an activating group) is 1. The van der Waals surface area contributed by atoms with Crippen LogP contribution in [0.25, 0.3) is 10.9 Å². The summed E-state index contributed by atoms with van der Waals surface area (Å²) in [5, 5.41) is 1.26. The summed E-state index contributed by atoms with van der Waals surface area (Å²) in [6.45, 7) is 0. The minimum Gasteiger partial charge on any atom is -0.371 e. The van der Waals surface area contributed by atoms with Crippen LogP contribution in [0.4, 0.5) is 0 Å². The second-order valence-electron chi connectivity index (χ2n) is 5.94. The first kappa shape index (κ1) is 17.2. The van der Waals surface area contributed by atoms with Crippen molar-refractivity contribution >= 4 is 40.7 Å². The van der Waals surface area contributed by atoms with Crippen molar-refractivity contribution in [3.05, 3.63) is 60.0 Å². The van der Waals surface area contributed by atoms with Crippen LogP contribution in [0.5, 0.6) is 0 Å². The van der Waals surface area contributed by atoms with E-state index in [1.165, 1.54) is 16.6 Å². The Kier molecular flexibility index (Phi) is 4.83. The van der Waals surface area contributed by atoms with Crippen molar-refractivity contribution in [2.24, 2.45) is 7.05 Å². The van der Waals surface area contributed by atoms with Gasteiger partial charge in [0, 0.05) is 37.1 Å². The van der Waals surface area contributed by atoms with Crippen molar-refractivity contribution in [3.8, 4) is 0 Å². The zero-order valence-electron chi connectivity index (χ0n) is 14.4. The summed E-state index contributed by atoms with van der Waals surface area (Å²) < 4.78 is 2.13. The van der Waals surface area contributed by atoms with Gasteiger partial charge in [-0.3, -0.25) is 4.79 Å². The fourth-order valence-electron chi connectivity index (χ4n) is 3.47. The van der Waals surface area contributed by atoms with E-state index in [0.29, 0.717) is 5.57 Å². The highest BCUT2D eigenvalue weighted by Crippen LogP contribution is 2.50. The van der Waals surface area contributed by atoms with Crippen LogP contribution in [0.2, 0.25) is 0 Å². The maximum absolute atomic E-state index is 11.1. The Labute approximate surface area is 151 Å². The summed E-state index contributed by atoms with van der Waals surface area (Å²) in [4.78, 5) is 13.2. The molecule has 0 bridgehead atoms. The molecular weight excluding hydrogens is 336 g/mol. The Morgan fingerprint density at radius 3 is 2.46 bits per heavy atom. The highest BCUT2D eigenvalue weighted by atomic mass is 32.2. The number of nitrogens with zero attached hydrogens (tertiary/aromatic N) is 2. The van der Waals surface area contributed by atoms with Crippen molar-refractivity contribution in [2.45, 2.75) is 10.1 Å². The van der Waals surface area contributed by atoms with Gasteiger partial charge in [0.25, 0.3) is 0 Å². The summed E-state index contributed by atoms with van der Waals surface area (Å²) in [5.41, 5.74) is 3.24. The zero-order valence-corrected chi connectivity index (χ0v) is 16.0. The molecule has 0 aliphatic carbocycles. The fourth-order valence-corrected chi connectivity index (χ4v) is 5.92. The summed E-state index contributed by atoms with van der Waals surface area (Å²) in [6, 6.07) is 10.9. The van der Waals surface area contributed by atoms with Gasteiger partial charge in [-0.15, -0.1) is 23.5 Å². The molecule has 1 atom stereocenters. The third-order valence-corrected chi connectivity index (χ3v) is 7.82. The predicted octanol–water partition coefficient (Wildman–Crippen LogP) is 4.01. The number of para-hydroxylation sites is 1. The van der Waals surface area contributed by atoms with E-state index in [4.69, 9.17) is 0 Å². The maximum Gasteiger partial charge on any atom is 0.151 e. The van der Waals surface area contributed by atoms with E-state index >= 15 is 0 Å². The molecule has 0 N–H and O–H groups in total. The van der Waals surface area contributed by atoms with Crippen molar-refractivity contribution in [1.29, 1.82) is 0 Å². The maximum atomic E-state index is 11.1. The summed E-state index contributed by atoms with van der Waals surface area (Å²) in [6.07, 6.45) is 11.2. The lowest BCUT2D eigenvalue weighted by Crippen LogP contribution is -2.44. The monoisotopic (exact) mass is 358 g/mol. The fraction of sp³-hybridized carbons (Fsp3) is 0.316. The number of rotatable bonds is 5. The number of carbonyl (C=O) groups is 1. The molecule has 0 amide bonds. The zero-order chi connectivity index (χ0) is 17.3. The van der Waals surface area contributed by atoms with Crippen molar-refractivity contribution in [3.63, 3.8) is 0 Å². The van der Waals surface area contributed by atoms with Gasteiger partial charge in [-0.2, -0.15) is 0 Å². The van der Waals surface area contributed by atoms with E-state index < -0.39 is 0 Å². The number of benzene rings is 1. The molecule has 1 aliphatic rings. The molecule has 3 rings (SSSR count). The van der Waals surface area contributed by atoms with Gasteiger partial charge in [-0.05, 0) is 30.0 Å². The van der Waals surface area contributed by atoms with Gasteiger partial charge in [-0.1, -0.05) is 30.4 Å². The van der Waals surface area contributed by atoms with E-state index in [2.05, 4.69) is 65.4 Å². The first-order valence-corrected chi connectivity index (χ1v) is 10.2. The molecule has 0 radical (unpaired) electrons.